The van der Waals surface area contributed by atoms with Crippen LogP contribution < -0.4 is 0 Å². The highest BCUT2D eigenvalue weighted by Crippen LogP contribution is 2.27. The standard InChI is InChI=1S/C29H43NO4/c1-20(2)17-22(5)14-15-24(18-23-11-8-7-9-12-23)28(32)30-16-10-13-26(30)27(31)19-25(21(3)4)29(33)34-6/h7-9,11-12,14-15,20-22,24-26H,10,13,16-19H2,1-6H3/b15-14+/t22-,24-,25-,26+/m1/s1. The fraction of sp³-hybridized carbons (Fsp3) is 0.621. The highest BCUT2D eigenvalue weighted by molar-refractivity contribution is 5.93. The van der Waals surface area contributed by atoms with Crippen LogP contribution >= 0.6 is 0 Å². The molecule has 1 fully saturated rings. The number of hydrogen-bond donors (Lipinski definition) is 0. The van der Waals surface area contributed by atoms with Crippen molar-refractivity contribution < 1.29 is 19.1 Å². The molecule has 1 aliphatic rings. The van der Waals surface area contributed by atoms with Crippen LogP contribution in [0.25, 0.3) is 0 Å². The topological polar surface area (TPSA) is 63.7 Å². The van der Waals surface area contributed by atoms with E-state index in [1.807, 2.05) is 50.3 Å². The molecule has 0 unspecified atom stereocenters. The van der Waals surface area contributed by atoms with Gasteiger partial charge in [-0.1, -0.05) is 77.1 Å². The monoisotopic (exact) mass is 469 g/mol. The van der Waals surface area contributed by atoms with E-state index in [4.69, 9.17) is 4.74 Å². The summed E-state index contributed by atoms with van der Waals surface area (Å²) in [5.74, 6) is -0.209. The lowest BCUT2D eigenvalue weighted by Gasteiger charge is -2.28. The van der Waals surface area contributed by atoms with Gasteiger partial charge in [0.2, 0.25) is 5.91 Å². The summed E-state index contributed by atoms with van der Waals surface area (Å²) in [6.45, 7) is 11.0. The minimum Gasteiger partial charge on any atom is -0.469 e. The van der Waals surface area contributed by atoms with E-state index in [1.54, 1.807) is 4.90 Å². The Bertz CT molecular complexity index is 830. The summed E-state index contributed by atoms with van der Waals surface area (Å²) in [4.78, 5) is 40.9. The van der Waals surface area contributed by atoms with Crippen LogP contribution in [0.5, 0.6) is 0 Å². The molecule has 1 aromatic carbocycles. The lowest BCUT2D eigenvalue weighted by molar-refractivity contribution is -0.149. The number of rotatable bonds is 12. The number of ether oxygens (including phenoxy) is 1. The van der Waals surface area contributed by atoms with Gasteiger partial charge in [0, 0.05) is 13.0 Å². The van der Waals surface area contributed by atoms with Gasteiger partial charge in [-0.2, -0.15) is 0 Å². The number of carbonyl (C=O) groups excluding carboxylic acids is 3. The Balaban J connectivity index is 2.21. The number of carbonyl (C=O) groups is 3. The van der Waals surface area contributed by atoms with E-state index in [0.717, 1.165) is 18.4 Å². The van der Waals surface area contributed by atoms with E-state index >= 15 is 0 Å². The molecule has 0 radical (unpaired) electrons. The molecule has 0 saturated carbocycles. The van der Waals surface area contributed by atoms with E-state index in [-0.39, 0.29) is 35.9 Å². The van der Waals surface area contributed by atoms with Crippen molar-refractivity contribution in [2.75, 3.05) is 13.7 Å². The number of hydrogen-bond acceptors (Lipinski definition) is 4. The summed E-state index contributed by atoms with van der Waals surface area (Å²) in [6.07, 6.45) is 7.46. The van der Waals surface area contributed by atoms with E-state index in [0.29, 0.717) is 31.2 Å². The Morgan fingerprint density at radius 2 is 1.74 bits per heavy atom. The maximum atomic E-state index is 13.7. The number of Topliss-reactive ketones (excluding diaryl/α,β-unsaturated/α-hetero) is 1. The molecule has 4 atom stereocenters. The molecule has 188 valence electrons. The molecule has 1 amide bonds. The Morgan fingerprint density at radius 3 is 2.32 bits per heavy atom. The molecule has 2 rings (SSSR count). The van der Waals surface area contributed by atoms with Gasteiger partial charge in [0.15, 0.2) is 5.78 Å². The number of likely N-dealkylation sites (tertiary alicyclic amines) is 1. The van der Waals surface area contributed by atoms with Crippen molar-refractivity contribution in [2.45, 2.75) is 72.8 Å². The smallest absolute Gasteiger partial charge is 0.309 e. The van der Waals surface area contributed by atoms with Crippen molar-refractivity contribution in [1.29, 1.82) is 0 Å². The van der Waals surface area contributed by atoms with Crippen LogP contribution in [0.4, 0.5) is 0 Å². The van der Waals surface area contributed by atoms with Gasteiger partial charge in [-0.25, -0.2) is 0 Å². The molecule has 1 heterocycles. The first-order valence-electron chi connectivity index (χ1n) is 12.8. The fourth-order valence-corrected chi connectivity index (χ4v) is 4.93. The van der Waals surface area contributed by atoms with E-state index in [2.05, 4.69) is 26.8 Å². The van der Waals surface area contributed by atoms with Crippen LogP contribution in [-0.2, 0) is 25.5 Å². The third-order valence-electron chi connectivity index (χ3n) is 6.77. The van der Waals surface area contributed by atoms with Crippen molar-refractivity contribution in [3.05, 3.63) is 48.0 Å². The van der Waals surface area contributed by atoms with Crippen LogP contribution in [0.15, 0.2) is 42.5 Å². The quantitative estimate of drug-likeness (QED) is 0.300. The summed E-state index contributed by atoms with van der Waals surface area (Å²) < 4.78 is 4.92. The minimum absolute atomic E-state index is 0.00170. The maximum Gasteiger partial charge on any atom is 0.309 e. The van der Waals surface area contributed by atoms with Gasteiger partial charge in [0.25, 0.3) is 0 Å². The van der Waals surface area contributed by atoms with Crippen molar-refractivity contribution in [2.24, 2.45) is 29.6 Å². The number of benzene rings is 1. The predicted octanol–water partition coefficient (Wildman–Crippen LogP) is 5.48. The minimum atomic E-state index is -0.480. The van der Waals surface area contributed by atoms with Crippen LogP contribution in [0.2, 0.25) is 0 Å². The van der Waals surface area contributed by atoms with E-state index in [9.17, 15) is 14.4 Å². The summed E-state index contributed by atoms with van der Waals surface area (Å²) >= 11 is 0. The van der Waals surface area contributed by atoms with Crippen LogP contribution in [0.1, 0.15) is 65.9 Å². The number of allylic oxidation sites excluding steroid dienone is 1. The Labute approximate surface area is 205 Å². The Kier molecular flexibility index (Phi) is 11.0. The highest BCUT2D eigenvalue weighted by Gasteiger charge is 2.38. The van der Waals surface area contributed by atoms with E-state index in [1.165, 1.54) is 7.11 Å². The number of amides is 1. The van der Waals surface area contributed by atoms with Crippen LogP contribution in [-0.4, -0.2) is 42.3 Å². The number of esters is 1. The second-order valence-corrected chi connectivity index (χ2v) is 10.5. The molecule has 0 bridgehead atoms. The van der Waals surface area contributed by atoms with Crippen LogP contribution in [0, 0.1) is 29.6 Å². The first kappa shape index (κ1) is 27.8. The third kappa shape index (κ3) is 8.11. The van der Waals surface area contributed by atoms with E-state index < -0.39 is 12.0 Å². The second-order valence-electron chi connectivity index (χ2n) is 10.5. The van der Waals surface area contributed by atoms with Gasteiger partial charge in [-0.3, -0.25) is 14.4 Å². The van der Waals surface area contributed by atoms with Gasteiger partial charge in [0.05, 0.1) is 25.0 Å². The fourth-order valence-electron chi connectivity index (χ4n) is 4.93. The number of ketones is 1. The number of methoxy groups -OCH3 is 1. The summed E-state index contributed by atoms with van der Waals surface area (Å²) in [5.41, 5.74) is 1.11. The zero-order valence-corrected chi connectivity index (χ0v) is 21.8. The average molecular weight is 470 g/mol. The molecule has 0 aliphatic carbocycles. The molecule has 0 aromatic heterocycles. The normalized spacial score (nSPS) is 18.9. The zero-order chi connectivity index (χ0) is 25.3. The Hall–Kier alpha value is -2.43. The van der Waals surface area contributed by atoms with Crippen LogP contribution in [0.3, 0.4) is 0 Å². The molecular weight excluding hydrogens is 426 g/mol. The molecule has 5 heteroatoms. The molecule has 1 saturated heterocycles. The predicted molar refractivity (Wildman–Crippen MR) is 136 cm³/mol. The van der Waals surface area contributed by atoms with Crippen molar-refractivity contribution in [3.8, 4) is 0 Å². The highest BCUT2D eigenvalue weighted by atomic mass is 16.5. The van der Waals surface area contributed by atoms with Gasteiger partial charge in [0.1, 0.15) is 0 Å². The van der Waals surface area contributed by atoms with Gasteiger partial charge < -0.3 is 9.64 Å². The maximum absolute atomic E-state index is 13.7. The number of nitrogens with zero attached hydrogens (tertiary/aromatic N) is 1. The van der Waals surface area contributed by atoms with Crippen molar-refractivity contribution in [3.63, 3.8) is 0 Å². The zero-order valence-electron chi connectivity index (χ0n) is 21.8. The van der Waals surface area contributed by atoms with Crippen molar-refractivity contribution >= 4 is 17.7 Å². The second kappa shape index (κ2) is 13.5. The lowest BCUT2D eigenvalue weighted by atomic mass is 9.88. The summed E-state index contributed by atoms with van der Waals surface area (Å²) in [6, 6.07) is 9.58. The third-order valence-corrected chi connectivity index (χ3v) is 6.77. The summed E-state index contributed by atoms with van der Waals surface area (Å²) in [5, 5.41) is 0. The summed E-state index contributed by atoms with van der Waals surface area (Å²) in [7, 11) is 1.36. The molecule has 0 spiro atoms. The van der Waals surface area contributed by atoms with Gasteiger partial charge in [-0.15, -0.1) is 0 Å². The van der Waals surface area contributed by atoms with Gasteiger partial charge in [-0.05, 0) is 49.0 Å². The first-order valence-corrected chi connectivity index (χ1v) is 12.8. The van der Waals surface area contributed by atoms with Gasteiger partial charge >= 0.3 is 5.97 Å². The largest absolute Gasteiger partial charge is 0.469 e. The van der Waals surface area contributed by atoms with Crippen molar-refractivity contribution in [1.82, 2.24) is 4.90 Å². The SMILES string of the molecule is COC(=O)[C@H](CC(=O)[C@@H]1CCCN1C(=O)[C@H](/C=C/[C@@H](C)CC(C)C)Cc1ccccc1)C(C)C. The molecule has 1 aromatic rings. The molecule has 5 nitrogen and oxygen atoms in total. The molecule has 1 aliphatic heterocycles. The average Bonchev–Trinajstić information content (AvgIpc) is 3.29. The molecule has 34 heavy (non-hydrogen) atoms. The first-order chi connectivity index (χ1) is 16.1. The molecular formula is C29H43NO4. The lowest BCUT2D eigenvalue weighted by Crippen LogP contribution is -2.44. The molecule has 0 N–H and O–H groups in total. The Morgan fingerprint density at radius 1 is 1.06 bits per heavy atom.